The smallest absolute Gasteiger partial charge is 0.223 e. The molecule has 8 heteroatoms. The molecule has 264 valence electrons. The molecule has 2 saturated heterocycles. The molecule has 3 saturated carbocycles. The Hall–Kier alpha value is -1.22. The molecule has 5 rings (SSSR count). The lowest BCUT2D eigenvalue weighted by molar-refractivity contribution is -0.310. The van der Waals surface area contributed by atoms with E-state index >= 15 is 0 Å². The second-order valence-electron chi connectivity index (χ2n) is 18.3. The predicted molar refractivity (Wildman–Crippen MR) is 184 cm³/mol. The Morgan fingerprint density at radius 1 is 0.478 bits per heavy atom. The summed E-state index contributed by atoms with van der Waals surface area (Å²) in [5.74, 6) is 0.326. The SMILES string of the molecule is CC1(C)CC(NC(=O)C2CCC(C(=O)NC3CC(C)(C)N(OC4CCCCC4)C(C)(C)C3)CC2)CC(C)(C)N1OC1CCCCC1. The quantitative estimate of drug-likeness (QED) is 0.283. The van der Waals surface area contributed by atoms with Crippen LogP contribution in [0.2, 0.25) is 0 Å². The molecule has 46 heavy (non-hydrogen) atoms. The molecule has 0 spiro atoms. The van der Waals surface area contributed by atoms with Crippen LogP contribution < -0.4 is 10.6 Å². The summed E-state index contributed by atoms with van der Waals surface area (Å²) in [7, 11) is 0. The Bertz CT molecular complexity index is 919. The fourth-order valence-corrected chi connectivity index (χ4v) is 10.2. The fourth-order valence-electron chi connectivity index (χ4n) is 10.2. The maximum absolute atomic E-state index is 13.5. The van der Waals surface area contributed by atoms with Crippen LogP contribution in [0, 0.1) is 11.8 Å². The molecule has 0 atom stereocenters. The molecule has 0 radical (unpaired) electrons. The third kappa shape index (κ3) is 8.67. The van der Waals surface area contributed by atoms with Crippen LogP contribution in [0.5, 0.6) is 0 Å². The molecule has 2 aliphatic heterocycles. The van der Waals surface area contributed by atoms with Crippen molar-refractivity contribution in [1.82, 2.24) is 20.8 Å². The highest BCUT2D eigenvalue weighted by Gasteiger charge is 2.50. The van der Waals surface area contributed by atoms with E-state index in [1.165, 1.54) is 38.5 Å². The summed E-state index contributed by atoms with van der Waals surface area (Å²) in [5, 5.41) is 11.4. The van der Waals surface area contributed by atoms with Crippen molar-refractivity contribution >= 4 is 11.8 Å². The number of rotatable bonds is 8. The highest BCUT2D eigenvalue weighted by molar-refractivity contribution is 5.81. The molecule has 5 aliphatic rings. The van der Waals surface area contributed by atoms with E-state index in [0.717, 1.165) is 77.0 Å². The standard InChI is InChI=1S/C38H68N4O4/c1-35(2)23-29(24-36(3,4)41(35)45-31-15-11-9-12-16-31)39-33(43)27-19-21-28(22-20-27)34(44)40-30-25-37(5,6)42(38(7,8)26-30)46-32-17-13-10-14-18-32/h27-32H,9-26H2,1-8H3,(H,39,43)(H,40,44). The minimum Gasteiger partial charge on any atom is -0.353 e. The second kappa shape index (κ2) is 14.3. The molecule has 5 fully saturated rings. The van der Waals surface area contributed by atoms with Crippen LogP contribution in [0.25, 0.3) is 0 Å². The number of carbonyl (C=O) groups is 2. The van der Waals surface area contributed by atoms with Crippen molar-refractivity contribution < 1.29 is 19.3 Å². The van der Waals surface area contributed by atoms with Crippen LogP contribution >= 0.6 is 0 Å². The van der Waals surface area contributed by atoms with E-state index in [4.69, 9.17) is 9.68 Å². The number of hydrogen-bond acceptors (Lipinski definition) is 6. The zero-order chi connectivity index (χ0) is 33.3. The summed E-state index contributed by atoms with van der Waals surface area (Å²) in [6, 6.07) is 0.258. The first kappa shape index (κ1) is 36.1. The van der Waals surface area contributed by atoms with Gasteiger partial charge in [0.05, 0.1) is 12.2 Å². The van der Waals surface area contributed by atoms with Gasteiger partial charge in [0.25, 0.3) is 0 Å². The van der Waals surface area contributed by atoms with Gasteiger partial charge in [0.15, 0.2) is 0 Å². The third-order valence-corrected chi connectivity index (χ3v) is 12.0. The molecule has 2 N–H and O–H groups in total. The first-order chi connectivity index (χ1) is 21.6. The van der Waals surface area contributed by atoms with Gasteiger partial charge in [-0.2, -0.15) is 10.1 Å². The third-order valence-electron chi connectivity index (χ3n) is 12.0. The first-order valence-corrected chi connectivity index (χ1v) is 19.1. The number of hydrogen-bond donors (Lipinski definition) is 2. The lowest BCUT2D eigenvalue weighted by Gasteiger charge is -2.55. The summed E-state index contributed by atoms with van der Waals surface area (Å²) in [5.41, 5.74) is -0.634. The Kier molecular flexibility index (Phi) is 11.2. The Labute approximate surface area is 280 Å². The van der Waals surface area contributed by atoms with E-state index in [1.807, 2.05) is 0 Å². The monoisotopic (exact) mass is 645 g/mol. The predicted octanol–water partition coefficient (Wildman–Crippen LogP) is 7.60. The molecule has 0 aromatic rings. The normalized spacial score (nSPS) is 31.7. The molecule has 0 aromatic carbocycles. The van der Waals surface area contributed by atoms with Crippen LogP contribution in [-0.2, 0) is 19.3 Å². The van der Waals surface area contributed by atoms with E-state index in [9.17, 15) is 9.59 Å². The average Bonchev–Trinajstić information content (AvgIpc) is 2.97. The molecule has 3 aliphatic carbocycles. The molecule has 0 unspecified atom stereocenters. The average molecular weight is 645 g/mol. The maximum Gasteiger partial charge on any atom is 0.223 e. The van der Waals surface area contributed by atoms with Crippen LogP contribution in [0.3, 0.4) is 0 Å². The Morgan fingerprint density at radius 2 is 0.761 bits per heavy atom. The highest BCUT2D eigenvalue weighted by atomic mass is 16.7. The van der Waals surface area contributed by atoms with Crippen LogP contribution in [0.15, 0.2) is 0 Å². The van der Waals surface area contributed by atoms with Gasteiger partial charge in [0, 0.05) is 46.1 Å². The molecule has 2 amide bonds. The minimum absolute atomic E-state index is 0.00941. The van der Waals surface area contributed by atoms with Gasteiger partial charge in [-0.05, 0) is 132 Å². The van der Waals surface area contributed by atoms with Gasteiger partial charge in [-0.3, -0.25) is 19.3 Å². The summed E-state index contributed by atoms with van der Waals surface area (Å²) in [6.07, 6.45) is 19.5. The topological polar surface area (TPSA) is 83.1 Å². The summed E-state index contributed by atoms with van der Waals surface area (Å²) < 4.78 is 0. The molecule has 0 bridgehead atoms. The number of nitrogens with one attached hydrogen (secondary N) is 2. The fraction of sp³-hybridized carbons (Fsp3) is 0.947. The zero-order valence-electron chi connectivity index (χ0n) is 30.7. The van der Waals surface area contributed by atoms with Gasteiger partial charge in [0.2, 0.25) is 11.8 Å². The highest BCUT2D eigenvalue weighted by Crippen LogP contribution is 2.42. The van der Waals surface area contributed by atoms with E-state index < -0.39 is 0 Å². The van der Waals surface area contributed by atoms with E-state index in [0.29, 0.717) is 12.2 Å². The molecular formula is C38H68N4O4. The number of carbonyl (C=O) groups excluding carboxylic acids is 2. The molecule has 8 nitrogen and oxygen atoms in total. The first-order valence-electron chi connectivity index (χ1n) is 19.1. The molecule has 0 aromatic heterocycles. The number of piperidine rings is 2. The van der Waals surface area contributed by atoms with Crippen molar-refractivity contribution in [3.63, 3.8) is 0 Å². The largest absolute Gasteiger partial charge is 0.353 e. The van der Waals surface area contributed by atoms with Crippen molar-refractivity contribution in [3.05, 3.63) is 0 Å². The van der Waals surface area contributed by atoms with Crippen LogP contribution in [0.4, 0.5) is 0 Å². The van der Waals surface area contributed by atoms with Gasteiger partial charge in [-0.15, -0.1) is 0 Å². The van der Waals surface area contributed by atoms with E-state index in [2.05, 4.69) is 76.1 Å². The van der Waals surface area contributed by atoms with Crippen molar-refractivity contribution in [2.45, 2.75) is 217 Å². The summed E-state index contributed by atoms with van der Waals surface area (Å²) in [6.45, 7) is 18.1. The number of nitrogens with zero attached hydrogens (tertiary/aromatic N) is 2. The van der Waals surface area contributed by atoms with Gasteiger partial charge >= 0.3 is 0 Å². The summed E-state index contributed by atoms with van der Waals surface area (Å²) >= 11 is 0. The Morgan fingerprint density at radius 3 is 1.04 bits per heavy atom. The zero-order valence-corrected chi connectivity index (χ0v) is 30.7. The number of hydroxylamine groups is 4. The van der Waals surface area contributed by atoms with Gasteiger partial charge in [0.1, 0.15) is 0 Å². The minimum atomic E-state index is -0.159. The van der Waals surface area contributed by atoms with Gasteiger partial charge < -0.3 is 10.6 Å². The van der Waals surface area contributed by atoms with E-state index in [1.54, 1.807) is 0 Å². The maximum atomic E-state index is 13.5. The van der Waals surface area contributed by atoms with Gasteiger partial charge in [-0.25, -0.2) is 0 Å². The molecular weight excluding hydrogens is 576 g/mol. The van der Waals surface area contributed by atoms with E-state index in [-0.39, 0.29) is 57.9 Å². The van der Waals surface area contributed by atoms with Crippen molar-refractivity contribution in [3.8, 4) is 0 Å². The lowest BCUT2D eigenvalue weighted by Crippen LogP contribution is -2.65. The van der Waals surface area contributed by atoms with Crippen LogP contribution in [-0.4, -0.2) is 68.4 Å². The van der Waals surface area contributed by atoms with Crippen molar-refractivity contribution in [2.75, 3.05) is 0 Å². The molecule has 2 heterocycles. The van der Waals surface area contributed by atoms with Crippen LogP contribution in [0.1, 0.15) is 171 Å². The lowest BCUT2D eigenvalue weighted by atomic mass is 9.77. The number of amides is 2. The van der Waals surface area contributed by atoms with Gasteiger partial charge in [-0.1, -0.05) is 38.5 Å². The second-order valence-corrected chi connectivity index (χ2v) is 18.3. The summed E-state index contributed by atoms with van der Waals surface area (Å²) in [4.78, 5) is 40.4. The Balaban J connectivity index is 1.08. The van der Waals surface area contributed by atoms with Crippen molar-refractivity contribution in [2.24, 2.45) is 11.8 Å². The van der Waals surface area contributed by atoms with Crippen molar-refractivity contribution in [1.29, 1.82) is 0 Å².